The molecule has 0 aliphatic rings. The maximum atomic E-state index is 12.6. The van der Waals surface area contributed by atoms with Gasteiger partial charge in [-0.3, -0.25) is 0 Å². The van der Waals surface area contributed by atoms with Gasteiger partial charge in [0.15, 0.2) is 0 Å². The summed E-state index contributed by atoms with van der Waals surface area (Å²) in [5.41, 5.74) is 4.26. The summed E-state index contributed by atoms with van der Waals surface area (Å²) >= 11 is 5.34. The summed E-state index contributed by atoms with van der Waals surface area (Å²) in [6.07, 6.45) is -3.95. The summed E-state index contributed by atoms with van der Waals surface area (Å²) in [6, 6.07) is -1.70. The molecule has 1 atom stereocenters. The summed E-state index contributed by atoms with van der Waals surface area (Å²) in [6.45, 7) is 0. The number of hydrogen-bond acceptors (Lipinski definition) is 2. The molecule has 0 saturated heterocycles. The molecule has 1 aromatic rings. The van der Waals surface area contributed by atoms with Crippen LogP contribution < -0.4 is 5.73 Å². The number of nitrogens with two attached hydrogens (primary N) is 1. The molecule has 1 aromatic heterocycles. The van der Waals surface area contributed by atoms with E-state index in [1.807, 2.05) is 0 Å². The molecule has 1 unspecified atom stereocenters. The van der Waals surface area contributed by atoms with Crippen molar-refractivity contribution in [2.75, 3.05) is 0 Å². The lowest BCUT2D eigenvalue weighted by atomic mass is 10.1. The third-order valence-electron chi connectivity index (χ3n) is 1.52. The topological polar surface area (TPSA) is 38.9 Å². The highest BCUT2D eigenvalue weighted by Gasteiger charge is 2.39. The molecule has 0 aliphatic carbocycles. The Bertz CT molecular complexity index is 339. The van der Waals surface area contributed by atoms with Crippen LogP contribution in [0.25, 0.3) is 0 Å². The highest BCUT2D eigenvalue weighted by atomic mass is 35.5. The van der Waals surface area contributed by atoms with Crippen molar-refractivity contribution in [3.05, 3.63) is 28.8 Å². The lowest BCUT2D eigenvalue weighted by Gasteiger charge is -2.16. The number of pyridine rings is 1. The number of nitrogens with zero attached hydrogens (tertiary/aromatic N) is 1. The zero-order chi connectivity index (χ0) is 10.9. The average Bonchev–Trinajstić information content (AvgIpc) is 2.06. The van der Waals surface area contributed by atoms with E-state index >= 15 is 0 Å². The van der Waals surface area contributed by atoms with Crippen LogP contribution in [0.3, 0.4) is 0 Å². The van der Waals surface area contributed by atoms with Crippen LogP contribution in [0.2, 0.25) is 5.15 Å². The van der Waals surface area contributed by atoms with Gasteiger partial charge >= 0.3 is 6.18 Å². The van der Waals surface area contributed by atoms with Gasteiger partial charge < -0.3 is 5.73 Å². The third kappa shape index (κ3) is 2.33. The minimum atomic E-state index is -4.67. The van der Waals surface area contributed by atoms with E-state index in [2.05, 4.69) is 4.98 Å². The first-order chi connectivity index (χ1) is 6.32. The van der Waals surface area contributed by atoms with E-state index < -0.39 is 28.8 Å². The van der Waals surface area contributed by atoms with Crippen molar-refractivity contribution < 1.29 is 17.6 Å². The van der Waals surface area contributed by atoms with Crippen LogP contribution >= 0.6 is 11.6 Å². The highest BCUT2D eigenvalue weighted by molar-refractivity contribution is 6.30. The Morgan fingerprint density at radius 2 is 2.00 bits per heavy atom. The van der Waals surface area contributed by atoms with Crippen LogP contribution in [0, 0.1) is 5.82 Å². The van der Waals surface area contributed by atoms with Crippen LogP contribution in [-0.2, 0) is 0 Å². The number of halogens is 5. The van der Waals surface area contributed by atoms with Crippen LogP contribution in [0.15, 0.2) is 12.3 Å². The molecule has 2 nitrogen and oxygen atoms in total. The van der Waals surface area contributed by atoms with Crippen LogP contribution in [0.4, 0.5) is 17.6 Å². The summed E-state index contributed by atoms with van der Waals surface area (Å²) in [7, 11) is 0. The van der Waals surface area contributed by atoms with Crippen molar-refractivity contribution >= 4 is 11.6 Å². The van der Waals surface area contributed by atoms with E-state index in [0.29, 0.717) is 6.07 Å². The molecule has 14 heavy (non-hydrogen) atoms. The van der Waals surface area contributed by atoms with Gasteiger partial charge in [0.25, 0.3) is 0 Å². The summed E-state index contributed by atoms with van der Waals surface area (Å²) < 4.78 is 48.9. The molecule has 7 heteroatoms. The van der Waals surface area contributed by atoms with E-state index in [0.717, 1.165) is 6.20 Å². The maximum absolute atomic E-state index is 12.6. The van der Waals surface area contributed by atoms with E-state index in [1.165, 1.54) is 0 Å². The zero-order valence-electron chi connectivity index (χ0n) is 6.65. The average molecular weight is 229 g/mol. The fraction of sp³-hybridized carbons (Fsp3) is 0.286. The maximum Gasteiger partial charge on any atom is 0.407 e. The van der Waals surface area contributed by atoms with E-state index in [9.17, 15) is 17.6 Å². The lowest BCUT2D eigenvalue weighted by Crippen LogP contribution is -2.29. The Morgan fingerprint density at radius 1 is 1.43 bits per heavy atom. The Kier molecular flexibility index (Phi) is 2.96. The van der Waals surface area contributed by atoms with Gasteiger partial charge in [0, 0.05) is 5.56 Å². The van der Waals surface area contributed by atoms with Crippen molar-refractivity contribution in [3.63, 3.8) is 0 Å². The third-order valence-corrected chi connectivity index (χ3v) is 1.84. The van der Waals surface area contributed by atoms with Gasteiger partial charge in [-0.1, -0.05) is 11.6 Å². The molecule has 2 N–H and O–H groups in total. The van der Waals surface area contributed by atoms with Gasteiger partial charge in [0.1, 0.15) is 17.0 Å². The summed E-state index contributed by atoms with van der Waals surface area (Å²) in [5, 5.41) is -0.448. The minimum absolute atomic E-state index is 0.448. The molecule has 1 rings (SSSR count). The van der Waals surface area contributed by atoms with Crippen molar-refractivity contribution in [2.24, 2.45) is 5.73 Å². The molecule has 0 aliphatic heterocycles. The van der Waals surface area contributed by atoms with E-state index in [4.69, 9.17) is 17.3 Å². The second kappa shape index (κ2) is 3.70. The van der Waals surface area contributed by atoms with Crippen molar-refractivity contribution in [1.82, 2.24) is 4.98 Å². The fourth-order valence-corrected chi connectivity index (χ4v) is 1.05. The zero-order valence-corrected chi connectivity index (χ0v) is 7.40. The molecule has 0 spiro atoms. The second-order valence-electron chi connectivity index (χ2n) is 2.55. The number of rotatable bonds is 1. The van der Waals surface area contributed by atoms with Crippen LogP contribution in [0.1, 0.15) is 11.6 Å². The molecule has 0 amide bonds. The van der Waals surface area contributed by atoms with Crippen molar-refractivity contribution in [1.29, 1.82) is 0 Å². The van der Waals surface area contributed by atoms with Crippen LogP contribution in [0.5, 0.6) is 0 Å². The number of aromatic nitrogens is 1. The van der Waals surface area contributed by atoms with Crippen molar-refractivity contribution in [3.8, 4) is 0 Å². The fourth-order valence-electron chi connectivity index (χ4n) is 0.833. The summed E-state index contributed by atoms with van der Waals surface area (Å²) in [5.74, 6) is -0.913. The number of alkyl halides is 3. The van der Waals surface area contributed by atoms with Gasteiger partial charge in [0.2, 0.25) is 0 Å². The van der Waals surface area contributed by atoms with Crippen LogP contribution in [-0.4, -0.2) is 11.2 Å². The van der Waals surface area contributed by atoms with Gasteiger partial charge in [-0.05, 0) is 6.07 Å². The monoisotopic (exact) mass is 228 g/mol. The van der Waals surface area contributed by atoms with Gasteiger partial charge in [0.05, 0.1) is 6.20 Å². The molecule has 0 radical (unpaired) electrons. The predicted molar refractivity (Wildman–Crippen MR) is 42.2 cm³/mol. The van der Waals surface area contributed by atoms with Gasteiger partial charge in [-0.15, -0.1) is 0 Å². The molecular formula is C7H5ClF4N2. The molecule has 0 saturated carbocycles. The SMILES string of the molecule is NC(c1cc(F)cnc1Cl)C(F)(F)F. The molecule has 0 bridgehead atoms. The van der Waals surface area contributed by atoms with E-state index in [-0.39, 0.29) is 0 Å². The first kappa shape index (κ1) is 11.2. The van der Waals surface area contributed by atoms with Gasteiger partial charge in [-0.2, -0.15) is 13.2 Å². The first-order valence-corrected chi connectivity index (χ1v) is 3.83. The largest absolute Gasteiger partial charge is 0.407 e. The Labute approximate surface area is 81.7 Å². The van der Waals surface area contributed by atoms with E-state index in [1.54, 1.807) is 0 Å². The van der Waals surface area contributed by atoms with Crippen molar-refractivity contribution in [2.45, 2.75) is 12.2 Å². The summed E-state index contributed by atoms with van der Waals surface area (Å²) in [4.78, 5) is 3.22. The smallest absolute Gasteiger partial charge is 0.316 e. The standard InChI is InChI=1S/C7H5ClF4N2/c8-6-4(1-3(9)2-14-6)5(13)7(10,11)12/h1-2,5H,13H2. The normalized spacial score (nSPS) is 14.1. The molecule has 0 aromatic carbocycles. The minimum Gasteiger partial charge on any atom is -0.316 e. The lowest BCUT2D eigenvalue weighted by molar-refractivity contribution is -0.149. The number of hydrogen-bond donors (Lipinski definition) is 1. The molecule has 0 fully saturated rings. The highest BCUT2D eigenvalue weighted by Crippen LogP contribution is 2.33. The Hall–Kier alpha value is -0.880. The quantitative estimate of drug-likeness (QED) is 0.592. The first-order valence-electron chi connectivity index (χ1n) is 3.45. The second-order valence-corrected chi connectivity index (χ2v) is 2.91. The van der Waals surface area contributed by atoms with Gasteiger partial charge in [-0.25, -0.2) is 9.37 Å². The Morgan fingerprint density at radius 3 is 2.50 bits per heavy atom. The molecule has 1 heterocycles. The predicted octanol–water partition coefficient (Wildman–Crippen LogP) is 2.44. The molecular weight excluding hydrogens is 224 g/mol. The Balaban J connectivity index is 3.12. The molecule has 78 valence electrons.